The van der Waals surface area contributed by atoms with E-state index in [9.17, 15) is 9.59 Å². The van der Waals surface area contributed by atoms with Gasteiger partial charge in [-0.3, -0.25) is 14.8 Å². The SMILES string of the molecule is CSCCC(NC(C)=O)C(=O)OC1CC[C@@]2(C)C(=CCC3C2CC[C@@]2(C)C3CC[C@@H]2C(C)CCCC(C)C)C1.[Ru+2].c1ccc(-c2cccc(-c3ccccn3)n2)nc1.c1ccc(N=Nc2ccccn2)cc1. The maximum absolute atomic E-state index is 13.0. The number of aromatic nitrogens is 4. The number of nitrogens with one attached hydrogen (secondary N) is 1. The number of pyridine rings is 4. The van der Waals surface area contributed by atoms with Gasteiger partial charge >= 0.3 is 25.4 Å². The van der Waals surface area contributed by atoms with Gasteiger partial charge < -0.3 is 10.1 Å². The van der Waals surface area contributed by atoms with Gasteiger partial charge in [0.1, 0.15) is 12.1 Å². The van der Waals surface area contributed by atoms with Gasteiger partial charge in [0, 0.05) is 31.9 Å². The summed E-state index contributed by atoms with van der Waals surface area (Å²) < 4.78 is 6.05. The van der Waals surface area contributed by atoms with E-state index in [0.29, 0.717) is 17.7 Å². The summed E-state index contributed by atoms with van der Waals surface area (Å²) in [6, 6.07) is 32.1. The van der Waals surface area contributed by atoms with E-state index in [0.717, 1.165) is 89.0 Å². The fourth-order valence-corrected chi connectivity index (χ4v) is 13.0. The Morgan fingerprint density at radius 2 is 1.39 bits per heavy atom. The van der Waals surface area contributed by atoms with Crippen LogP contribution in [0.5, 0.6) is 0 Å². The second-order valence-electron chi connectivity index (χ2n) is 21.2. The van der Waals surface area contributed by atoms with Crippen molar-refractivity contribution in [2.75, 3.05) is 12.0 Å². The largest absolute Gasteiger partial charge is 2.00 e. The number of fused-ring (bicyclic) bond motifs is 5. The van der Waals surface area contributed by atoms with E-state index < -0.39 is 6.04 Å². The zero-order valence-electron chi connectivity index (χ0n) is 43.6. The van der Waals surface area contributed by atoms with Crippen LogP contribution in [0.3, 0.4) is 0 Å². The number of rotatable bonds is 15. The van der Waals surface area contributed by atoms with Crippen molar-refractivity contribution in [1.82, 2.24) is 25.3 Å². The maximum Gasteiger partial charge on any atom is 2.00 e. The molecular weight excluding hydrogens is 1000 g/mol. The summed E-state index contributed by atoms with van der Waals surface area (Å²) in [4.78, 5) is 41.9. The molecule has 4 aromatic heterocycles. The monoisotopic (exact) mass is 1080 g/mol. The fourth-order valence-electron chi connectivity index (χ4n) is 12.5. The third-order valence-corrected chi connectivity index (χ3v) is 16.7. The van der Waals surface area contributed by atoms with Crippen molar-refractivity contribution in [3.63, 3.8) is 0 Å². The number of esters is 1. The summed E-state index contributed by atoms with van der Waals surface area (Å²) in [5, 5.41) is 10.8. The first-order valence-corrected chi connectivity index (χ1v) is 27.6. The van der Waals surface area contributed by atoms with Gasteiger partial charge in [-0.05, 0) is 170 Å². The first-order valence-electron chi connectivity index (χ1n) is 26.2. The van der Waals surface area contributed by atoms with Crippen LogP contribution < -0.4 is 5.32 Å². The van der Waals surface area contributed by atoms with Crippen LogP contribution in [0, 0.1) is 46.3 Å². The zero-order chi connectivity index (χ0) is 50.2. The molecule has 0 radical (unpaired) electrons. The molecule has 4 aliphatic rings. The predicted octanol–water partition coefficient (Wildman–Crippen LogP) is 14.9. The number of nitrogens with zero attached hydrogens (tertiary/aromatic N) is 6. The number of amides is 1. The molecule has 72 heavy (non-hydrogen) atoms. The number of hydrogen-bond donors (Lipinski definition) is 1. The van der Waals surface area contributed by atoms with E-state index in [1.807, 2.05) is 109 Å². The van der Waals surface area contributed by atoms with Crippen LogP contribution in [0.2, 0.25) is 0 Å². The normalized spacial score (nSPS) is 24.8. The summed E-state index contributed by atoms with van der Waals surface area (Å²) in [6.07, 6.45) is 24.3. The molecule has 1 amide bonds. The van der Waals surface area contributed by atoms with Crippen LogP contribution in [-0.2, 0) is 33.8 Å². The van der Waals surface area contributed by atoms with E-state index in [1.54, 1.807) is 35.9 Å². The van der Waals surface area contributed by atoms with Gasteiger partial charge in [-0.1, -0.05) is 108 Å². The Morgan fingerprint density at radius 3 is 2.00 bits per heavy atom. The molecule has 1 aromatic carbocycles. The van der Waals surface area contributed by atoms with Gasteiger partial charge in [-0.2, -0.15) is 11.8 Å². The van der Waals surface area contributed by atoms with Gasteiger partial charge in [0.05, 0.1) is 28.5 Å². The molecule has 0 aliphatic heterocycles. The molecule has 382 valence electrons. The molecule has 10 nitrogen and oxygen atoms in total. The van der Waals surface area contributed by atoms with Crippen LogP contribution in [0.15, 0.2) is 144 Å². The molecule has 0 saturated heterocycles. The van der Waals surface area contributed by atoms with E-state index >= 15 is 0 Å². The van der Waals surface area contributed by atoms with Crippen molar-refractivity contribution < 1.29 is 33.8 Å². The van der Waals surface area contributed by atoms with Crippen LogP contribution in [0.4, 0.5) is 11.5 Å². The minimum Gasteiger partial charge on any atom is -0.461 e. The average Bonchev–Trinajstić information content (AvgIpc) is 3.76. The molecule has 3 saturated carbocycles. The van der Waals surface area contributed by atoms with Gasteiger partial charge in [0.2, 0.25) is 5.91 Å². The maximum atomic E-state index is 13.0. The Kier molecular flexibility index (Phi) is 21.4. The van der Waals surface area contributed by atoms with Gasteiger partial charge in [-0.25, -0.2) is 14.8 Å². The Hall–Kier alpha value is -4.93. The number of benzene rings is 1. The molecule has 5 aromatic rings. The summed E-state index contributed by atoms with van der Waals surface area (Å²) >= 11 is 1.69. The topological polar surface area (TPSA) is 132 Å². The number of thioether (sulfide) groups is 1. The predicted molar refractivity (Wildman–Crippen MR) is 289 cm³/mol. The molecule has 4 heterocycles. The van der Waals surface area contributed by atoms with Crippen molar-refractivity contribution in [1.29, 1.82) is 0 Å². The van der Waals surface area contributed by atoms with Gasteiger partial charge in [0.15, 0.2) is 5.82 Å². The smallest absolute Gasteiger partial charge is 0.461 e. The first kappa shape index (κ1) is 56.4. The average molecular weight is 1080 g/mol. The Balaban J connectivity index is 0.000000209. The van der Waals surface area contributed by atoms with E-state index in [1.165, 1.54) is 58.3 Å². The van der Waals surface area contributed by atoms with Crippen molar-refractivity contribution in [2.24, 2.45) is 56.6 Å². The van der Waals surface area contributed by atoms with Crippen LogP contribution in [0.1, 0.15) is 119 Å². The third kappa shape index (κ3) is 14.9. The van der Waals surface area contributed by atoms with Crippen molar-refractivity contribution in [3.05, 3.63) is 133 Å². The summed E-state index contributed by atoms with van der Waals surface area (Å²) in [7, 11) is 0. The van der Waals surface area contributed by atoms with Gasteiger partial charge in [-0.15, -0.1) is 10.2 Å². The fraction of sp³-hybridized carbons (Fsp3) is 0.500. The Bertz CT molecular complexity index is 2400. The minimum atomic E-state index is -0.535. The summed E-state index contributed by atoms with van der Waals surface area (Å²) in [5.41, 5.74) is 6.61. The van der Waals surface area contributed by atoms with Crippen LogP contribution >= 0.6 is 11.8 Å². The number of ether oxygens (including phenoxy) is 1. The molecule has 0 spiro atoms. The van der Waals surface area contributed by atoms with E-state index in [4.69, 9.17) is 4.74 Å². The van der Waals surface area contributed by atoms with Crippen LogP contribution in [-0.4, -0.2) is 56.0 Å². The molecule has 0 bridgehead atoms. The van der Waals surface area contributed by atoms with Crippen molar-refractivity contribution in [2.45, 2.75) is 131 Å². The van der Waals surface area contributed by atoms with Gasteiger partial charge in [0.25, 0.3) is 0 Å². The molecular formula is C60H77N7O3RuS+2. The second kappa shape index (κ2) is 27.4. The second-order valence-corrected chi connectivity index (χ2v) is 22.2. The molecule has 6 unspecified atom stereocenters. The Morgan fingerprint density at radius 1 is 0.736 bits per heavy atom. The van der Waals surface area contributed by atoms with Crippen molar-refractivity contribution >= 4 is 35.1 Å². The first-order chi connectivity index (χ1) is 34.4. The number of allylic oxidation sites excluding steroid dienone is 1. The molecule has 3 fully saturated rings. The third-order valence-electron chi connectivity index (χ3n) is 16.1. The number of carbonyl (C=O) groups excluding carboxylic acids is 2. The molecule has 12 heteroatoms. The summed E-state index contributed by atoms with van der Waals surface area (Å²) in [6.45, 7) is 14.0. The zero-order valence-corrected chi connectivity index (χ0v) is 46.2. The molecule has 9 rings (SSSR count). The van der Waals surface area contributed by atoms with E-state index in [2.05, 4.69) is 76.2 Å². The number of carbonyl (C=O) groups is 2. The quantitative estimate of drug-likeness (QED) is 0.0474. The molecule has 4 aliphatic carbocycles. The van der Waals surface area contributed by atoms with E-state index in [-0.39, 0.29) is 42.9 Å². The molecule has 1 N–H and O–H groups in total. The summed E-state index contributed by atoms with van der Waals surface area (Å²) in [5.74, 6) is 6.06. The molecule has 9 atom stereocenters. The number of hydrogen-bond acceptors (Lipinski definition) is 10. The Labute approximate surface area is 447 Å². The minimum absolute atomic E-state index is 0. The van der Waals surface area contributed by atoms with Crippen LogP contribution in [0.25, 0.3) is 22.8 Å². The standard InChI is InChI=1S/C34H57NO3S.C15H11N3.C11H9N3.Ru/c1-22(2)9-8-10-23(3)28-13-14-29-27-12-11-25-21-26(38-32(37)31(17-20-39-7)35-24(4)36)15-18-33(25,5)30(27)16-19-34(28,29)6;1-3-10-16-12(6-1)14-8-5-9-15(18-14)13-7-2-4-11-17-13;1-2-6-10(7-3-1)13-14-11-8-4-5-9-12-11;/h11,22-23,26-31H,8-10,12-21H2,1-7H3,(H,35,36);1-11H;1-9H;/q;;;+2/t23?,26?,27?,28-,29?,30?,31?,33+,34-;;;/m1.../s1. The number of azo groups is 1. The van der Waals surface area contributed by atoms with Crippen molar-refractivity contribution in [3.8, 4) is 22.8 Å².